The van der Waals surface area contributed by atoms with E-state index in [1.807, 2.05) is 17.9 Å². The summed E-state index contributed by atoms with van der Waals surface area (Å²) in [6.45, 7) is 3.39. The van der Waals surface area contributed by atoms with Crippen LogP contribution in [0.15, 0.2) is 18.3 Å². The van der Waals surface area contributed by atoms with Gasteiger partial charge in [0.15, 0.2) is 23.0 Å². The van der Waals surface area contributed by atoms with Crippen molar-refractivity contribution in [3.63, 3.8) is 0 Å². The van der Waals surface area contributed by atoms with E-state index in [1.54, 1.807) is 0 Å². The topological polar surface area (TPSA) is 156 Å². The van der Waals surface area contributed by atoms with Gasteiger partial charge >= 0.3 is 6.09 Å². The van der Waals surface area contributed by atoms with Gasteiger partial charge in [-0.15, -0.1) is 5.10 Å². The summed E-state index contributed by atoms with van der Waals surface area (Å²) < 4.78 is 21.6. The molecular formula is C22H23FN10O2. The molecule has 0 unspecified atom stereocenters. The highest BCUT2D eigenvalue weighted by Crippen LogP contribution is 2.31. The number of benzene rings is 1. The summed E-state index contributed by atoms with van der Waals surface area (Å²) in [6.07, 6.45) is 2.07. The van der Waals surface area contributed by atoms with Gasteiger partial charge in [-0.05, 0) is 31.9 Å². The average molecular weight is 478 g/mol. The van der Waals surface area contributed by atoms with E-state index < -0.39 is 11.9 Å². The van der Waals surface area contributed by atoms with Crippen molar-refractivity contribution in [3.8, 4) is 12.1 Å². The highest BCUT2D eigenvalue weighted by atomic mass is 19.1. The molecule has 1 aliphatic heterocycles. The van der Waals surface area contributed by atoms with Crippen LogP contribution in [-0.4, -0.2) is 58.5 Å². The summed E-state index contributed by atoms with van der Waals surface area (Å²) in [5.41, 5.74) is 1.10. The number of carbonyl (C=O) groups is 1. The summed E-state index contributed by atoms with van der Waals surface area (Å²) in [6, 6.07) is 6.86. The van der Waals surface area contributed by atoms with Crippen LogP contribution < -0.4 is 20.9 Å². The first-order valence-electron chi connectivity index (χ1n) is 11.0. The van der Waals surface area contributed by atoms with Gasteiger partial charge in [0, 0.05) is 25.7 Å². The van der Waals surface area contributed by atoms with Crippen molar-refractivity contribution in [2.75, 3.05) is 42.3 Å². The molecule has 2 aromatic heterocycles. The van der Waals surface area contributed by atoms with Crippen LogP contribution in [0.2, 0.25) is 0 Å². The number of rotatable bonds is 6. The molecule has 0 spiro atoms. The number of ether oxygens (including phenoxy) is 1. The molecule has 1 amide bonds. The molecule has 13 heteroatoms. The molecule has 3 N–H and O–H groups in total. The molecule has 0 radical (unpaired) electrons. The Morgan fingerprint density at radius 2 is 2.06 bits per heavy atom. The van der Waals surface area contributed by atoms with E-state index in [2.05, 4.69) is 41.8 Å². The quantitative estimate of drug-likeness (QED) is 0.481. The molecule has 1 aromatic carbocycles. The van der Waals surface area contributed by atoms with Crippen LogP contribution in [0.3, 0.4) is 0 Å². The lowest BCUT2D eigenvalue weighted by Crippen LogP contribution is -2.45. The monoisotopic (exact) mass is 478 g/mol. The van der Waals surface area contributed by atoms with Crippen molar-refractivity contribution in [3.05, 3.63) is 35.4 Å². The lowest BCUT2D eigenvalue weighted by molar-refractivity contribution is 0.164. The normalized spacial score (nSPS) is 13.7. The predicted molar refractivity (Wildman–Crippen MR) is 125 cm³/mol. The average Bonchev–Trinajstić information content (AvgIpc) is 3.29. The van der Waals surface area contributed by atoms with Crippen molar-refractivity contribution < 1.29 is 13.9 Å². The van der Waals surface area contributed by atoms with Gasteiger partial charge in [0.2, 0.25) is 5.95 Å². The fourth-order valence-electron chi connectivity index (χ4n) is 3.90. The van der Waals surface area contributed by atoms with E-state index in [4.69, 9.17) is 0 Å². The van der Waals surface area contributed by atoms with Crippen LogP contribution in [0, 0.1) is 28.5 Å². The highest BCUT2D eigenvalue weighted by molar-refractivity contribution is 5.70. The molecule has 0 bridgehead atoms. The maximum Gasteiger partial charge on any atom is 0.407 e. The van der Waals surface area contributed by atoms with Gasteiger partial charge < -0.3 is 25.6 Å². The van der Waals surface area contributed by atoms with Crippen LogP contribution in [0.25, 0.3) is 5.65 Å². The van der Waals surface area contributed by atoms with Gasteiger partial charge in [-0.2, -0.15) is 20.0 Å². The zero-order chi connectivity index (χ0) is 24.9. The third-order valence-electron chi connectivity index (χ3n) is 5.59. The van der Waals surface area contributed by atoms with E-state index in [9.17, 15) is 15.3 Å². The molecule has 1 fully saturated rings. The van der Waals surface area contributed by atoms with Crippen molar-refractivity contribution in [1.29, 1.82) is 10.5 Å². The maximum atomic E-state index is 15.6. The Balaban J connectivity index is 1.64. The number of imidazole rings is 1. The lowest BCUT2D eigenvalue weighted by Gasteiger charge is -2.34. The van der Waals surface area contributed by atoms with Gasteiger partial charge in [-0.25, -0.2) is 14.2 Å². The summed E-state index contributed by atoms with van der Waals surface area (Å²) in [5.74, 6) is -0.157. The van der Waals surface area contributed by atoms with Crippen LogP contribution in [0.4, 0.5) is 32.3 Å². The number of nitrogens with zero attached hydrogens (tertiary/aromatic N) is 7. The molecule has 0 saturated carbocycles. The third-order valence-corrected chi connectivity index (χ3v) is 5.59. The molecule has 3 heterocycles. The number of hydrogen-bond donors (Lipinski definition) is 3. The summed E-state index contributed by atoms with van der Waals surface area (Å²) in [7, 11) is 1.30. The summed E-state index contributed by atoms with van der Waals surface area (Å²) in [5, 5.41) is 31.8. The third kappa shape index (κ3) is 4.84. The zero-order valence-corrected chi connectivity index (χ0v) is 19.2. The second-order valence-corrected chi connectivity index (χ2v) is 7.80. The SMILES string of the molecule is CCNc1nc(Nc2cc(C#N)cc(N3CCC(NC(=O)OC)CC3)c2F)nn2c(C#N)cnc12. The van der Waals surface area contributed by atoms with Gasteiger partial charge in [0.25, 0.3) is 0 Å². The van der Waals surface area contributed by atoms with Crippen LogP contribution >= 0.6 is 0 Å². The first-order chi connectivity index (χ1) is 17.0. The summed E-state index contributed by atoms with van der Waals surface area (Å²) in [4.78, 5) is 21.8. The van der Waals surface area contributed by atoms with Gasteiger partial charge in [0.05, 0.1) is 36.3 Å². The number of halogens is 1. The molecule has 180 valence electrons. The number of methoxy groups -OCH3 is 1. The van der Waals surface area contributed by atoms with Crippen LogP contribution in [0.5, 0.6) is 0 Å². The molecule has 1 aliphatic rings. The van der Waals surface area contributed by atoms with Crippen LogP contribution in [-0.2, 0) is 4.74 Å². The molecular weight excluding hydrogens is 455 g/mol. The Bertz CT molecular complexity index is 1330. The molecule has 1 saturated heterocycles. The molecule has 4 rings (SSSR count). The minimum atomic E-state index is -0.566. The Morgan fingerprint density at radius 1 is 1.29 bits per heavy atom. The van der Waals surface area contributed by atoms with E-state index in [1.165, 1.54) is 30.0 Å². The van der Waals surface area contributed by atoms with Crippen molar-refractivity contribution in [2.45, 2.75) is 25.8 Å². The van der Waals surface area contributed by atoms with E-state index in [0.717, 1.165) is 0 Å². The number of amides is 1. The number of fused-ring (bicyclic) bond motifs is 1. The minimum Gasteiger partial charge on any atom is -0.453 e. The Hall–Kier alpha value is -4.65. The second-order valence-electron chi connectivity index (χ2n) is 7.80. The Morgan fingerprint density at radius 3 is 2.71 bits per heavy atom. The number of hydrogen-bond acceptors (Lipinski definition) is 10. The van der Waals surface area contributed by atoms with Crippen molar-refractivity contribution in [2.24, 2.45) is 0 Å². The molecule has 0 atom stereocenters. The van der Waals surface area contributed by atoms with E-state index >= 15 is 4.39 Å². The minimum absolute atomic E-state index is 0.0225. The number of nitriles is 2. The predicted octanol–water partition coefficient (Wildman–Crippen LogP) is 2.51. The fraction of sp³-hybridized carbons (Fsp3) is 0.364. The summed E-state index contributed by atoms with van der Waals surface area (Å²) >= 11 is 0. The van der Waals surface area contributed by atoms with Crippen LogP contribution in [0.1, 0.15) is 31.0 Å². The number of piperidine rings is 1. The number of nitrogens with one attached hydrogen (secondary N) is 3. The number of carbonyl (C=O) groups excluding carboxylic acids is 1. The lowest BCUT2D eigenvalue weighted by atomic mass is 10.0. The second kappa shape index (κ2) is 10.1. The number of aromatic nitrogens is 4. The maximum absolute atomic E-state index is 15.6. The van der Waals surface area contributed by atoms with Gasteiger partial charge in [-0.3, -0.25) is 0 Å². The smallest absolute Gasteiger partial charge is 0.407 e. The highest BCUT2D eigenvalue weighted by Gasteiger charge is 2.25. The molecule has 12 nitrogen and oxygen atoms in total. The largest absolute Gasteiger partial charge is 0.453 e. The first-order valence-corrected chi connectivity index (χ1v) is 11.0. The molecule has 3 aromatic rings. The number of anilines is 4. The first kappa shape index (κ1) is 23.5. The van der Waals surface area contributed by atoms with Gasteiger partial charge in [-0.1, -0.05) is 0 Å². The van der Waals surface area contributed by atoms with Crippen molar-refractivity contribution in [1.82, 2.24) is 24.9 Å². The molecule has 35 heavy (non-hydrogen) atoms. The fourth-order valence-corrected chi connectivity index (χ4v) is 3.90. The molecule has 0 aliphatic carbocycles. The Labute approximate surface area is 200 Å². The standard InChI is InChI=1S/C22H23FN10O2/c1-3-26-19-20-27-12-15(11-25)33(20)31-21(30-19)29-16-8-13(10-24)9-17(18(16)23)32-6-4-14(5-7-32)28-22(34)35-2/h8-9,12,14H,3-7H2,1-2H3,(H,28,34)(H2,26,29,30,31). The number of alkyl carbamates (subject to hydrolysis) is 1. The van der Waals surface area contributed by atoms with E-state index in [0.29, 0.717) is 43.9 Å². The van der Waals surface area contributed by atoms with Gasteiger partial charge in [0.1, 0.15) is 6.07 Å². The zero-order valence-electron chi connectivity index (χ0n) is 19.2. The van der Waals surface area contributed by atoms with E-state index in [-0.39, 0.29) is 34.6 Å². The Kier molecular flexibility index (Phi) is 6.78. The van der Waals surface area contributed by atoms with Crippen molar-refractivity contribution >= 4 is 34.9 Å².